The van der Waals surface area contributed by atoms with Crippen LogP contribution in [0.1, 0.15) is 0 Å². The van der Waals surface area contributed by atoms with Crippen LogP contribution < -0.4 is 30.5 Å². The highest BCUT2D eigenvalue weighted by atomic mass is 35.5. The molecule has 0 heterocycles. The second-order valence-corrected chi connectivity index (χ2v) is 3.76. The summed E-state index contributed by atoms with van der Waals surface area (Å²) in [7, 11) is -6.09. The molecule has 0 saturated carbocycles. The predicted octanol–water partition coefficient (Wildman–Crippen LogP) is -5.38. The van der Waals surface area contributed by atoms with Gasteiger partial charge in [-0.2, -0.15) is 13.2 Å². The molecule has 102 valence electrons. The van der Waals surface area contributed by atoms with Crippen molar-refractivity contribution in [2.24, 2.45) is 0 Å². The van der Waals surface area contributed by atoms with Crippen molar-refractivity contribution in [2.75, 3.05) is 0 Å². The maximum Gasteiger partial charge on any atom is 0.485 e. The largest absolute Gasteiger partial charge is 1.00 e. The van der Waals surface area contributed by atoms with Gasteiger partial charge in [0, 0.05) is 0 Å². The minimum atomic E-state index is -6.09. The lowest BCUT2D eigenvalue weighted by Gasteiger charge is -2.08. The topological polar surface area (TPSA) is 84.8 Å². The van der Waals surface area contributed by atoms with E-state index in [0.717, 1.165) is 5.69 Å². The van der Waals surface area contributed by atoms with Crippen molar-refractivity contribution in [3.05, 3.63) is 30.3 Å². The SMILES string of the molecule is O=S(=O)([O-])C(F)(F)F.[Cl-].[Cl-].[NH3+]c1ccccc1. The number of rotatable bonds is 0. The minimum Gasteiger partial charge on any atom is -1.00 e. The number of benzene rings is 1. The summed E-state index contributed by atoms with van der Waals surface area (Å²) in [5, 5.41) is 0. The smallest absolute Gasteiger partial charge is 0.485 e. The van der Waals surface area contributed by atoms with Crippen LogP contribution in [0, 0.1) is 0 Å². The second-order valence-electron chi connectivity index (χ2n) is 2.39. The van der Waals surface area contributed by atoms with Crippen molar-refractivity contribution in [2.45, 2.75) is 5.51 Å². The summed E-state index contributed by atoms with van der Waals surface area (Å²) >= 11 is 0. The normalized spacial score (nSPS) is 10.2. The standard InChI is InChI=1S/C6H7N.CHF3O3S.2ClH/c7-6-4-2-1-3-5-6;2-1(3,4)8(5,6)7;;/h1-5H,7H2;(H,5,6,7);2*1H/p-2. The number of hydrogen-bond donors (Lipinski definition) is 1. The fraction of sp³-hybridized carbons (Fsp3) is 0.143. The first-order chi connectivity index (χ1) is 6.64. The second kappa shape index (κ2) is 8.54. The van der Waals surface area contributed by atoms with Crippen LogP contribution in [-0.4, -0.2) is 18.5 Å². The summed E-state index contributed by atoms with van der Waals surface area (Å²) in [5.41, 5.74) is -0.854. The Labute approximate surface area is 109 Å². The molecule has 1 aromatic carbocycles. The molecule has 4 nitrogen and oxygen atoms in total. The van der Waals surface area contributed by atoms with Gasteiger partial charge in [0.05, 0.1) is 0 Å². The van der Waals surface area contributed by atoms with E-state index in [1.165, 1.54) is 0 Å². The zero-order chi connectivity index (χ0) is 12.1. The maximum absolute atomic E-state index is 10.7. The highest BCUT2D eigenvalue weighted by molar-refractivity contribution is 7.86. The van der Waals surface area contributed by atoms with Gasteiger partial charge in [-0.15, -0.1) is 0 Å². The summed E-state index contributed by atoms with van der Waals surface area (Å²) in [4.78, 5) is 0. The lowest BCUT2D eigenvalue weighted by atomic mass is 10.3. The molecule has 0 radical (unpaired) electrons. The van der Waals surface area contributed by atoms with E-state index in [1.807, 2.05) is 30.3 Å². The number of quaternary nitrogens is 1. The average molecular weight is 314 g/mol. The molecule has 0 amide bonds. The predicted molar refractivity (Wildman–Crippen MR) is 44.7 cm³/mol. The zero-order valence-electron chi connectivity index (χ0n) is 8.12. The Morgan fingerprint density at radius 1 is 1.06 bits per heavy atom. The first-order valence-electron chi connectivity index (χ1n) is 3.54. The van der Waals surface area contributed by atoms with Crippen molar-refractivity contribution in [1.82, 2.24) is 0 Å². The van der Waals surface area contributed by atoms with E-state index >= 15 is 0 Å². The van der Waals surface area contributed by atoms with Crippen LogP contribution >= 0.6 is 0 Å². The van der Waals surface area contributed by atoms with Crippen LogP contribution in [0.15, 0.2) is 30.3 Å². The third-order valence-electron chi connectivity index (χ3n) is 1.13. The molecular formula is C7H8Cl2F3NO3S-2. The van der Waals surface area contributed by atoms with Gasteiger partial charge in [-0.05, 0) is 12.1 Å². The lowest BCUT2D eigenvalue weighted by molar-refractivity contribution is -0.254. The molecule has 0 unspecified atom stereocenters. The van der Waals surface area contributed by atoms with Gasteiger partial charge >= 0.3 is 5.51 Å². The van der Waals surface area contributed by atoms with E-state index in [2.05, 4.69) is 5.73 Å². The van der Waals surface area contributed by atoms with Crippen LogP contribution in [0.25, 0.3) is 0 Å². The van der Waals surface area contributed by atoms with Gasteiger partial charge in [-0.3, -0.25) is 0 Å². The Morgan fingerprint density at radius 2 is 1.35 bits per heavy atom. The molecule has 0 spiro atoms. The number of alkyl halides is 3. The van der Waals surface area contributed by atoms with Crippen LogP contribution in [0.2, 0.25) is 0 Å². The first kappa shape index (κ1) is 21.7. The Balaban J connectivity index is -0.000000207. The van der Waals surface area contributed by atoms with Crippen LogP contribution in [0.4, 0.5) is 18.9 Å². The van der Waals surface area contributed by atoms with Gasteiger partial charge in [0.15, 0.2) is 10.1 Å². The Bertz CT molecular complexity index is 397. The molecule has 0 aromatic heterocycles. The maximum atomic E-state index is 10.7. The van der Waals surface area contributed by atoms with E-state index in [1.54, 1.807) is 0 Å². The van der Waals surface area contributed by atoms with Crippen molar-refractivity contribution < 1.29 is 56.7 Å². The summed E-state index contributed by atoms with van der Waals surface area (Å²) in [6.45, 7) is 0. The molecule has 3 N–H and O–H groups in total. The summed E-state index contributed by atoms with van der Waals surface area (Å²) in [6, 6.07) is 9.87. The quantitative estimate of drug-likeness (QED) is 0.383. The van der Waals surface area contributed by atoms with Crippen molar-refractivity contribution in [1.29, 1.82) is 0 Å². The first-order valence-corrected chi connectivity index (χ1v) is 4.94. The molecule has 1 rings (SSSR count). The van der Waals surface area contributed by atoms with Crippen molar-refractivity contribution in [3.8, 4) is 0 Å². The van der Waals surface area contributed by atoms with E-state index < -0.39 is 15.6 Å². The molecule has 0 aliphatic carbocycles. The Morgan fingerprint density at radius 3 is 1.47 bits per heavy atom. The van der Waals surface area contributed by atoms with Gasteiger partial charge in [-0.1, -0.05) is 18.2 Å². The van der Waals surface area contributed by atoms with Gasteiger partial charge in [-0.25, -0.2) is 8.42 Å². The summed E-state index contributed by atoms with van der Waals surface area (Å²) in [5.74, 6) is 0. The third-order valence-corrected chi connectivity index (χ3v) is 1.69. The number of halogens is 5. The molecule has 0 aliphatic rings. The van der Waals surface area contributed by atoms with Crippen molar-refractivity contribution in [3.63, 3.8) is 0 Å². The minimum absolute atomic E-state index is 0. The number of hydrogen-bond acceptors (Lipinski definition) is 3. The van der Waals surface area contributed by atoms with Gasteiger partial charge in [0.2, 0.25) is 0 Å². The van der Waals surface area contributed by atoms with E-state index in [4.69, 9.17) is 13.0 Å². The van der Waals surface area contributed by atoms with Gasteiger partial charge < -0.3 is 35.1 Å². The van der Waals surface area contributed by atoms with E-state index in [0.29, 0.717) is 0 Å². The van der Waals surface area contributed by atoms with E-state index in [9.17, 15) is 13.2 Å². The zero-order valence-corrected chi connectivity index (χ0v) is 10.4. The van der Waals surface area contributed by atoms with Crippen molar-refractivity contribution >= 4 is 15.8 Å². The average Bonchev–Trinajstić information content (AvgIpc) is 2.02. The molecule has 10 heteroatoms. The third kappa shape index (κ3) is 10.3. The monoisotopic (exact) mass is 313 g/mol. The lowest BCUT2D eigenvalue weighted by Crippen LogP contribution is -3.00. The highest BCUT2D eigenvalue weighted by Crippen LogP contribution is 2.20. The van der Waals surface area contributed by atoms with Crippen LogP contribution in [0.5, 0.6) is 0 Å². The molecule has 1 aromatic rings. The van der Waals surface area contributed by atoms with E-state index in [-0.39, 0.29) is 24.8 Å². The molecule has 0 aliphatic heterocycles. The molecule has 0 bridgehead atoms. The fourth-order valence-corrected chi connectivity index (χ4v) is 0.478. The molecule has 0 saturated heterocycles. The molecular weight excluding hydrogens is 306 g/mol. The molecule has 17 heavy (non-hydrogen) atoms. The van der Waals surface area contributed by atoms with Gasteiger partial charge in [0.25, 0.3) is 0 Å². The van der Waals surface area contributed by atoms with Crippen LogP contribution in [0.3, 0.4) is 0 Å². The highest BCUT2D eigenvalue weighted by Gasteiger charge is 2.36. The van der Waals surface area contributed by atoms with Crippen LogP contribution in [-0.2, 0) is 10.1 Å². The van der Waals surface area contributed by atoms with Gasteiger partial charge in [0.1, 0.15) is 5.69 Å². The Hall–Kier alpha value is -0.540. The Kier molecular flexibility index (Phi) is 10.9. The molecule has 0 fully saturated rings. The molecule has 0 atom stereocenters. The fourth-order valence-electron chi connectivity index (χ4n) is 0.478. The summed E-state index contributed by atoms with van der Waals surface area (Å²) in [6.07, 6.45) is 0. The summed E-state index contributed by atoms with van der Waals surface area (Å²) < 4.78 is 58.9.